The molecule has 1 aliphatic heterocycles. The predicted octanol–water partition coefficient (Wildman–Crippen LogP) is 2.15. The van der Waals surface area contributed by atoms with Crippen LogP contribution in [0.15, 0.2) is 24.3 Å². The first-order chi connectivity index (χ1) is 10.1. The number of nitrogens with zero attached hydrogens (tertiary/aromatic N) is 1. The van der Waals surface area contributed by atoms with E-state index in [1.54, 1.807) is 6.92 Å². The Balaban J connectivity index is 1.64. The summed E-state index contributed by atoms with van der Waals surface area (Å²) in [5, 5.41) is 10.2. The number of halogens is 1. The van der Waals surface area contributed by atoms with Crippen LogP contribution in [-0.2, 0) is 6.42 Å². The van der Waals surface area contributed by atoms with Crippen molar-refractivity contribution in [3.05, 3.63) is 46.2 Å². The summed E-state index contributed by atoms with van der Waals surface area (Å²) < 4.78 is 5.73. The highest BCUT2D eigenvalue weighted by molar-refractivity contribution is 6.34. The van der Waals surface area contributed by atoms with Crippen LogP contribution in [0, 0.1) is 6.92 Å². The molecule has 5 nitrogen and oxygen atoms in total. The number of aromatic amines is 1. The zero-order valence-corrected chi connectivity index (χ0v) is 12.4. The van der Waals surface area contributed by atoms with Gasteiger partial charge in [-0.05, 0) is 24.6 Å². The van der Waals surface area contributed by atoms with Gasteiger partial charge in [-0.1, -0.05) is 23.7 Å². The maximum Gasteiger partial charge on any atom is 0.188 e. The van der Waals surface area contributed by atoms with Gasteiger partial charge >= 0.3 is 0 Å². The number of aromatic nitrogens is 2. The molecule has 1 aromatic heterocycles. The molecule has 0 aliphatic carbocycles. The SMILES string of the molecule is Cc1[nH]nc(C(=O)Cc2ccc(OC3CNC3)cc2)c1Cl. The van der Waals surface area contributed by atoms with Crippen LogP contribution in [0.1, 0.15) is 21.7 Å². The third-order valence-corrected chi connectivity index (χ3v) is 3.93. The predicted molar refractivity (Wildman–Crippen MR) is 80.1 cm³/mol. The van der Waals surface area contributed by atoms with Crippen LogP contribution in [0.25, 0.3) is 0 Å². The zero-order valence-electron chi connectivity index (χ0n) is 11.6. The fourth-order valence-corrected chi connectivity index (χ4v) is 2.28. The van der Waals surface area contributed by atoms with E-state index in [1.807, 2.05) is 24.3 Å². The molecule has 0 bridgehead atoms. The summed E-state index contributed by atoms with van der Waals surface area (Å²) in [5.41, 5.74) is 1.92. The molecule has 0 amide bonds. The number of ether oxygens (including phenoxy) is 1. The number of rotatable bonds is 5. The highest BCUT2D eigenvalue weighted by atomic mass is 35.5. The van der Waals surface area contributed by atoms with Gasteiger partial charge in [-0.25, -0.2) is 0 Å². The molecule has 110 valence electrons. The van der Waals surface area contributed by atoms with Crippen molar-refractivity contribution in [1.82, 2.24) is 15.5 Å². The molecular formula is C15H16ClN3O2. The third-order valence-electron chi connectivity index (χ3n) is 3.47. The standard InChI is InChI=1S/C15H16ClN3O2/c1-9-14(16)15(19-18-9)13(20)6-10-2-4-11(5-3-10)21-12-7-17-8-12/h2-5,12,17H,6-8H2,1H3,(H,18,19). The van der Waals surface area contributed by atoms with Gasteiger partial charge in [0, 0.05) is 19.5 Å². The highest BCUT2D eigenvalue weighted by Gasteiger charge is 2.19. The smallest absolute Gasteiger partial charge is 0.188 e. The van der Waals surface area contributed by atoms with Crippen molar-refractivity contribution in [2.45, 2.75) is 19.4 Å². The number of H-pyrrole nitrogens is 1. The van der Waals surface area contributed by atoms with Gasteiger partial charge in [0.15, 0.2) is 5.78 Å². The number of hydrogen-bond donors (Lipinski definition) is 2. The molecule has 1 saturated heterocycles. The summed E-state index contributed by atoms with van der Waals surface area (Å²) in [4.78, 5) is 12.2. The van der Waals surface area contributed by atoms with Crippen molar-refractivity contribution in [3.63, 3.8) is 0 Å². The van der Waals surface area contributed by atoms with E-state index in [0.717, 1.165) is 24.4 Å². The summed E-state index contributed by atoms with van der Waals surface area (Å²) in [6.45, 7) is 3.56. The average Bonchev–Trinajstić information content (AvgIpc) is 2.76. The molecule has 3 rings (SSSR count). The van der Waals surface area contributed by atoms with Gasteiger partial charge in [-0.2, -0.15) is 5.10 Å². The summed E-state index contributed by atoms with van der Waals surface area (Å²) >= 11 is 6.03. The topological polar surface area (TPSA) is 67.0 Å². The van der Waals surface area contributed by atoms with Crippen LogP contribution in [0.2, 0.25) is 5.02 Å². The molecule has 2 heterocycles. The van der Waals surface area contributed by atoms with Crippen LogP contribution >= 0.6 is 11.6 Å². The maximum absolute atomic E-state index is 12.2. The molecular weight excluding hydrogens is 290 g/mol. The van der Waals surface area contributed by atoms with Crippen molar-refractivity contribution >= 4 is 17.4 Å². The number of ketones is 1. The molecule has 2 N–H and O–H groups in total. The quantitative estimate of drug-likeness (QED) is 0.831. The van der Waals surface area contributed by atoms with E-state index in [0.29, 0.717) is 16.4 Å². The summed E-state index contributed by atoms with van der Waals surface area (Å²) in [6.07, 6.45) is 0.526. The lowest BCUT2D eigenvalue weighted by Crippen LogP contribution is -2.50. The Bertz CT molecular complexity index is 647. The molecule has 1 fully saturated rings. The average molecular weight is 306 g/mol. The van der Waals surface area contributed by atoms with Crippen molar-refractivity contribution in [1.29, 1.82) is 0 Å². The number of aryl methyl sites for hydroxylation is 1. The van der Waals surface area contributed by atoms with Crippen molar-refractivity contribution < 1.29 is 9.53 Å². The van der Waals surface area contributed by atoms with E-state index in [-0.39, 0.29) is 18.3 Å². The van der Waals surface area contributed by atoms with E-state index >= 15 is 0 Å². The lowest BCUT2D eigenvalue weighted by atomic mass is 10.1. The highest BCUT2D eigenvalue weighted by Crippen LogP contribution is 2.20. The Morgan fingerprint density at radius 3 is 2.62 bits per heavy atom. The minimum atomic E-state index is -0.0961. The lowest BCUT2D eigenvalue weighted by molar-refractivity contribution is 0.0988. The number of carbonyl (C=O) groups excluding carboxylic acids is 1. The second kappa shape index (κ2) is 5.87. The molecule has 21 heavy (non-hydrogen) atoms. The van der Waals surface area contributed by atoms with Gasteiger partial charge in [0.1, 0.15) is 17.5 Å². The maximum atomic E-state index is 12.2. The monoisotopic (exact) mass is 305 g/mol. The molecule has 0 radical (unpaired) electrons. The van der Waals surface area contributed by atoms with Gasteiger partial charge in [0.25, 0.3) is 0 Å². The van der Waals surface area contributed by atoms with Crippen molar-refractivity contribution in [2.24, 2.45) is 0 Å². The second-order valence-electron chi connectivity index (χ2n) is 5.15. The van der Waals surface area contributed by atoms with Crippen LogP contribution in [-0.4, -0.2) is 35.2 Å². The van der Waals surface area contributed by atoms with Crippen molar-refractivity contribution in [2.75, 3.05) is 13.1 Å². The fourth-order valence-electron chi connectivity index (χ4n) is 2.09. The molecule has 0 saturated carbocycles. The summed E-state index contributed by atoms with van der Waals surface area (Å²) in [6, 6.07) is 7.57. The minimum Gasteiger partial charge on any atom is -0.488 e. The Morgan fingerprint density at radius 2 is 2.10 bits per heavy atom. The minimum absolute atomic E-state index is 0.0961. The van der Waals surface area contributed by atoms with E-state index < -0.39 is 0 Å². The Kier molecular flexibility index (Phi) is 3.94. The van der Waals surface area contributed by atoms with Gasteiger partial charge in [-0.15, -0.1) is 0 Å². The summed E-state index contributed by atoms with van der Waals surface area (Å²) in [5.74, 6) is 0.729. The van der Waals surface area contributed by atoms with E-state index in [9.17, 15) is 4.79 Å². The van der Waals surface area contributed by atoms with Gasteiger partial charge in [0.2, 0.25) is 0 Å². The van der Waals surface area contributed by atoms with E-state index in [4.69, 9.17) is 16.3 Å². The second-order valence-corrected chi connectivity index (χ2v) is 5.53. The zero-order chi connectivity index (χ0) is 14.8. The third kappa shape index (κ3) is 3.09. The number of carbonyl (C=O) groups is 1. The van der Waals surface area contributed by atoms with Gasteiger partial charge in [0.05, 0.1) is 10.7 Å². The van der Waals surface area contributed by atoms with Crippen LogP contribution in [0.4, 0.5) is 0 Å². The first-order valence-electron chi connectivity index (χ1n) is 6.83. The van der Waals surface area contributed by atoms with Crippen LogP contribution in [0.5, 0.6) is 5.75 Å². The molecule has 0 spiro atoms. The van der Waals surface area contributed by atoms with Crippen molar-refractivity contribution in [3.8, 4) is 5.75 Å². The lowest BCUT2D eigenvalue weighted by Gasteiger charge is -2.27. The molecule has 2 aromatic rings. The Hall–Kier alpha value is -1.85. The number of hydrogen-bond acceptors (Lipinski definition) is 4. The van der Waals surface area contributed by atoms with Crippen LogP contribution < -0.4 is 10.1 Å². The van der Waals surface area contributed by atoms with Crippen LogP contribution in [0.3, 0.4) is 0 Å². The molecule has 1 aliphatic rings. The normalized spacial score (nSPS) is 14.8. The number of benzene rings is 1. The Morgan fingerprint density at radius 1 is 1.38 bits per heavy atom. The fraction of sp³-hybridized carbons (Fsp3) is 0.333. The molecule has 0 unspecified atom stereocenters. The first kappa shape index (κ1) is 14.1. The Labute approximate surface area is 127 Å². The molecule has 0 atom stereocenters. The number of Topliss-reactive ketones (excluding diaryl/α,β-unsaturated/α-hetero) is 1. The van der Waals surface area contributed by atoms with E-state index in [1.165, 1.54) is 0 Å². The molecule has 6 heteroatoms. The van der Waals surface area contributed by atoms with Gasteiger partial charge in [-0.3, -0.25) is 9.89 Å². The number of nitrogens with one attached hydrogen (secondary N) is 2. The van der Waals surface area contributed by atoms with E-state index in [2.05, 4.69) is 15.5 Å². The first-order valence-corrected chi connectivity index (χ1v) is 7.21. The molecule has 1 aromatic carbocycles. The summed E-state index contributed by atoms with van der Waals surface area (Å²) in [7, 11) is 0. The largest absolute Gasteiger partial charge is 0.488 e. The van der Waals surface area contributed by atoms with Gasteiger partial charge < -0.3 is 10.1 Å².